The van der Waals surface area contributed by atoms with Gasteiger partial charge < -0.3 is 0 Å². The van der Waals surface area contributed by atoms with Crippen molar-refractivity contribution in [1.82, 2.24) is 14.8 Å². The minimum Gasteiger partial charge on any atom is -0.260 e. The zero-order chi connectivity index (χ0) is 15.6. The number of aromatic nitrogens is 3. The topological polar surface area (TPSA) is 55.4 Å². The summed E-state index contributed by atoms with van der Waals surface area (Å²) in [7, 11) is 0. The normalized spacial score (nSPS) is 14.8. The highest BCUT2D eigenvalue weighted by molar-refractivity contribution is 6.50. The summed E-state index contributed by atoms with van der Waals surface area (Å²) in [6.45, 7) is 0.551. The standard InChI is InChI=1S/C17H12ClN5/c18-14-8-4-7-13(9-14)15-16(23-17(22-15)20-11-21-23)19-10-12-5-2-1-3-6-12/h1-9,11H,10H2. The Labute approximate surface area is 138 Å². The molecule has 5 nitrogen and oxygen atoms in total. The van der Waals surface area contributed by atoms with Gasteiger partial charge in [0, 0.05) is 10.6 Å². The highest BCUT2D eigenvalue weighted by Crippen LogP contribution is 2.22. The van der Waals surface area contributed by atoms with Crippen molar-refractivity contribution >= 4 is 29.1 Å². The monoisotopic (exact) mass is 321 g/mol. The number of nitrogens with zero attached hydrogens (tertiary/aromatic N) is 5. The van der Waals surface area contributed by atoms with Gasteiger partial charge in [-0.3, -0.25) is 4.99 Å². The largest absolute Gasteiger partial charge is 0.260 e. The Balaban J connectivity index is 1.74. The summed E-state index contributed by atoms with van der Waals surface area (Å²) in [5.74, 6) is 1.22. The average molecular weight is 322 g/mol. The maximum Gasteiger partial charge on any atom is 0.254 e. The van der Waals surface area contributed by atoms with E-state index in [2.05, 4.69) is 15.1 Å². The summed E-state index contributed by atoms with van der Waals surface area (Å²) in [5, 5.41) is 4.87. The van der Waals surface area contributed by atoms with Crippen molar-refractivity contribution in [2.45, 2.75) is 6.54 Å². The summed E-state index contributed by atoms with van der Waals surface area (Å²) < 4.78 is 1.65. The lowest BCUT2D eigenvalue weighted by Crippen LogP contribution is -2.20. The second-order valence-electron chi connectivity index (χ2n) is 5.07. The van der Waals surface area contributed by atoms with Crippen molar-refractivity contribution in [3.8, 4) is 0 Å². The summed E-state index contributed by atoms with van der Waals surface area (Å²) in [6, 6.07) is 17.6. The molecule has 0 atom stereocenters. The number of aliphatic imine (C=N–C) groups is 2. The van der Waals surface area contributed by atoms with Crippen LogP contribution in [0.1, 0.15) is 11.1 Å². The van der Waals surface area contributed by atoms with E-state index < -0.39 is 0 Å². The first-order chi connectivity index (χ1) is 11.3. The van der Waals surface area contributed by atoms with Crippen LogP contribution in [0.4, 0.5) is 5.95 Å². The Morgan fingerprint density at radius 3 is 2.74 bits per heavy atom. The molecule has 112 valence electrons. The summed E-state index contributed by atoms with van der Waals surface area (Å²) in [5.41, 5.74) is 2.76. The lowest BCUT2D eigenvalue weighted by atomic mass is 10.1. The van der Waals surface area contributed by atoms with E-state index in [0.717, 1.165) is 16.8 Å². The van der Waals surface area contributed by atoms with Gasteiger partial charge in [-0.15, -0.1) is 0 Å². The molecular formula is C17H12ClN5. The molecule has 6 heteroatoms. The molecule has 0 unspecified atom stereocenters. The molecule has 0 N–H and O–H groups in total. The third kappa shape index (κ3) is 2.66. The molecule has 3 aromatic rings. The van der Waals surface area contributed by atoms with Gasteiger partial charge in [0.1, 0.15) is 12.0 Å². The molecule has 0 radical (unpaired) electrons. The minimum atomic E-state index is 0.534. The fourth-order valence-electron chi connectivity index (χ4n) is 2.43. The minimum absolute atomic E-state index is 0.534. The van der Waals surface area contributed by atoms with Gasteiger partial charge in [0.15, 0.2) is 5.84 Å². The third-order valence-electron chi connectivity index (χ3n) is 3.51. The molecule has 1 aliphatic heterocycles. The lowest BCUT2D eigenvalue weighted by Gasteiger charge is -2.05. The van der Waals surface area contributed by atoms with E-state index in [-0.39, 0.29) is 0 Å². The lowest BCUT2D eigenvalue weighted by molar-refractivity contribution is 0.932. The molecule has 1 aliphatic rings. The first-order valence-electron chi connectivity index (χ1n) is 7.15. The zero-order valence-corrected chi connectivity index (χ0v) is 12.9. The van der Waals surface area contributed by atoms with Gasteiger partial charge in [0.05, 0.1) is 6.54 Å². The predicted octanol–water partition coefficient (Wildman–Crippen LogP) is 3.51. The summed E-state index contributed by atoms with van der Waals surface area (Å²) in [6.07, 6.45) is 1.48. The van der Waals surface area contributed by atoms with Gasteiger partial charge in [0.2, 0.25) is 0 Å². The van der Waals surface area contributed by atoms with E-state index in [1.807, 2.05) is 54.6 Å². The van der Waals surface area contributed by atoms with Gasteiger partial charge >= 0.3 is 0 Å². The Hall–Kier alpha value is -2.79. The van der Waals surface area contributed by atoms with E-state index in [1.165, 1.54) is 6.33 Å². The molecule has 0 fully saturated rings. The van der Waals surface area contributed by atoms with Crippen molar-refractivity contribution in [3.05, 3.63) is 77.1 Å². The van der Waals surface area contributed by atoms with Crippen LogP contribution >= 0.6 is 11.6 Å². The van der Waals surface area contributed by atoms with E-state index in [1.54, 1.807) is 4.68 Å². The van der Waals surface area contributed by atoms with Crippen molar-refractivity contribution in [3.63, 3.8) is 0 Å². The summed E-state index contributed by atoms with van der Waals surface area (Å²) in [4.78, 5) is 13.4. The van der Waals surface area contributed by atoms with Crippen LogP contribution in [-0.2, 0) is 6.54 Å². The highest BCUT2D eigenvalue weighted by atomic mass is 35.5. The summed E-state index contributed by atoms with van der Waals surface area (Å²) >= 11 is 6.10. The second-order valence-corrected chi connectivity index (χ2v) is 5.50. The van der Waals surface area contributed by atoms with E-state index in [0.29, 0.717) is 23.4 Å². The maximum atomic E-state index is 6.10. The first-order valence-corrected chi connectivity index (χ1v) is 7.53. The first kappa shape index (κ1) is 13.8. The maximum absolute atomic E-state index is 6.10. The quantitative estimate of drug-likeness (QED) is 0.741. The van der Waals surface area contributed by atoms with Gasteiger partial charge in [-0.25, -0.2) is 4.99 Å². The Morgan fingerprint density at radius 1 is 1.04 bits per heavy atom. The number of hydrogen-bond donors (Lipinski definition) is 0. The fraction of sp³-hybridized carbons (Fsp3) is 0.0588. The van der Waals surface area contributed by atoms with Gasteiger partial charge in [0.25, 0.3) is 5.95 Å². The molecule has 0 bridgehead atoms. The second kappa shape index (κ2) is 5.78. The van der Waals surface area contributed by atoms with E-state index >= 15 is 0 Å². The van der Waals surface area contributed by atoms with Gasteiger partial charge in [-0.2, -0.15) is 14.8 Å². The molecule has 1 aromatic heterocycles. The molecule has 23 heavy (non-hydrogen) atoms. The van der Waals surface area contributed by atoms with Crippen LogP contribution in [0.25, 0.3) is 0 Å². The molecule has 2 aromatic carbocycles. The molecule has 0 spiro atoms. The van der Waals surface area contributed by atoms with E-state index in [9.17, 15) is 0 Å². The Morgan fingerprint density at radius 2 is 1.91 bits per heavy atom. The van der Waals surface area contributed by atoms with Crippen molar-refractivity contribution < 1.29 is 0 Å². The fourth-order valence-corrected chi connectivity index (χ4v) is 2.62. The van der Waals surface area contributed by atoms with Crippen molar-refractivity contribution in [1.29, 1.82) is 0 Å². The molecule has 4 rings (SSSR count). The number of fused-ring (bicyclic) bond motifs is 1. The third-order valence-corrected chi connectivity index (χ3v) is 3.74. The molecule has 0 saturated carbocycles. The Bertz CT molecular complexity index is 911. The van der Waals surface area contributed by atoms with Gasteiger partial charge in [-0.1, -0.05) is 54.1 Å². The Kier molecular flexibility index (Phi) is 3.48. The molecular weight excluding hydrogens is 310 g/mol. The SMILES string of the molecule is Clc1cccc(C2=Nc3ncnn3C2=NCc2ccccc2)c1. The van der Waals surface area contributed by atoms with Crippen LogP contribution < -0.4 is 0 Å². The molecule has 0 saturated heterocycles. The van der Waals surface area contributed by atoms with E-state index in [4.69, 9.17) is 16.6 Å². The zero-order valence-electron chi connectivity index (χ0n) is 12.1. The van der Waals surface area contributed by atoms with Gasteiger partial charge in [-0.05, 0) is 17.7 Å². The number of benzene rings is 2. The number of hydrogen-bond acceptors (Lipinski definition) is 4. The highest BCUT2D eigenvalue weighted by Gasteiger charge is 2.25. The number of rotatable bonds is 3. The van der Waals surface area contributed by atoms with Crippen molar-refractivity contribution in [2.24, 2.45) is 9.98 Å². The van der Waals surface area contributed by atoms with Crippen molar-refractivity contribution in [2.75, 3.05) is 0 Å². The molecule has 0 amide bonds. The molecule has 0 aliphatic carbocycles. The van der Waals surface area contributed by atoms with Crippen LogP contribution in [0, 0.1) is 0 Å². The average Bonchev–Trinajstić information content (AvgIpc) is 3.15. The molecule has 2 heterocycles. The van der Waals surface area contributed by atoms with Crippen LogP contribution in [0.2, 0.25) is 5.02 Å². The van der Waals surface area contributed by atoms with Crippen LogP contribution in [0.5, 0.6) is 0 Å². The van der Waals surface area contributed by atoms with Crippen LogP contribution in [-0.4, -0.2) is 26.3 Å². The van der Waals surface area contributed by atoms with Crippen LogP contribution in [0.3, 0.4) is 0 Å². The number of halogens is 1. The van der Waals surface area contributed by atoms with Crippen LogP contribution in [0.15, 0.2) is 70.9 Å². The smallest absolute Gasteiger partial charge is 0.254 e. The predicted molar refractivity (Wildman–Crippen MR) is 90.7 cm³/mol.